The van der Waals surface area contributed by atoms with Crippen molar-refractivity contribution in [3.8, 4) is 0 Å². The first-order valence-electron chi connectivity index (χ1n) is 5.34. The second-order valence-electron chi connectivity index (χ2n) is 4.33. The van der Waals surface area contributed by atoms with E-state index < -0.39 is 17.7 Å². The van der Waals surface area contributed by atoms with Crippen LogP contribution in [0.1, 0.15) is 34.6 Å². The molecule has 0 rings (SSSR count). The van der Waals surface area contributed by atoms with Gasteiger partial charge in [0, 0.05) is 11.8 Å². The molecule has 0 bridgehead atoms. The SMILES string of the molecule is CCOC(=O)/C=C(/C)NNC(=O)OC(C)(C)C. The van der Waals surface area contributed by atoms with Crippen molar-refractivity contribution in [2.75, 3.05) is 6.61 Å². The van der Waals surface area contributed by atoms with Gasteiger partial charge in [-0.05, 0) is 34.6 Å². The van der Waals surface area contributed by atoms with Crippen molar-refractivity contribution in [2.24, 2.45) is 0 Å². The predicted molar refractivity (Wildman–Crippen MR) is 62.9 cm³/mol. The molecule has 6 nitrogen and oxygen atoms in total. The molecule has 2 N–H and O–H groups in total. The molecule has 1 amide bonds. The lowest BCUT2D eigenvalue weighted by atomic mass is 10.2. The number of esters is 1. The van der Waals surface area contributed by atoms with Gasteiger partial charge in [-0.3, -0.25) is 0 Å². The molecular formula is C11H20N2O4. The van der Waals surface area contributed by atoms with E-state index in [0.29, 0.717) is 12.3 Å². The fraction of sp³-hybridized carbons (Fsp3) is 0.636. The van der Waals surface area contributed by atoms with Crippen LogP contribution in [0.3, 0.4) is 0 Å². The maximum Gasteiger partial charge on any atom is 0.426 e. The summed E-state index contributed by atoms with van der Waals surface area (Å²) in [5.41, 5.74) is 4.72. The van der Waals surface area contributed by atoms with E-state index in [9.17, 15) is 9.59 Å². The quantitative estimate of drug-likeness (QED) is 0.445. The molecule has 0 aliphatic carbocycles. The number of rotatable bonds is 4. The number of ether oxygens (including phenoxy) is 2. The molecule has 0 aliphatic heterocycles. The third-order valence-electron chi connectivity index (χ3n) is 1.38. The first-order chi connectivity index (χ1) is 7.74. The van der Waals surface area contributed by atoms with Gasteiger partial charge in [-0.1, -0.05) is 0 Å². The minimum absolute atomic E-state index is 0.308. The third-order valence-corrected chi connectivity index (χ3v) is 1.38. The number of hydrogen-bond acceptors (Lipinski definition) is 5. The largest absolute Gasteiger partial charge is 0.463 e. The van der Waals surface area contributed by atoms with E-state index in [-0.39, 0.29) is 0 Å². The van der Waals surface area contributed by atoms with Crippen LogP contribution in [0.4, 0.5) is 4.79 Å². The molecular weight excluding hydrogens is 224 g/mol. The van der Waals surface area contributed by atoms with Crippen molar-refractivity contribution in [1.29, 1.82) is 0 Å². The van der Waals surface area contributed by atoms with Gasteiger partial charge < -0.3 is 14.9 Å². The Labute approximate surface area is 101 Å². The number of allylic oxidation sites excluding steroid dienone is 1. The monoisotopic (exact) mass is 244 g/mol. The number of carbonyl (C=O) groups is 2. The summed E-state index contributed by atoms with van der Waals surface area (Å²) in [6.07, 6.45) is 0.620. The Morgan fingerprint density at radius 2 is 1.82 bits per heavy atom. The summed E-state index contributed by atoms with van der Waals surface area (Å²) in [6, 6.07) is 0. The van der Waals surface area contributed by atoms with Gasteiger partial charge in [0.1, 0.15) is 5.60 Å². The first-order valence-corrected chi connectivity index (χ1v) is 5.34. The smallest absolute Gasteiger partial charge is 0.426 e. The Morgan fingerprint density at radius 1 is 1.24 bits per heavy atom. The fourth-order valence-electron chi connectivity index (χ4n) is 0.850. The van der Waals surface area contributed by atoms with Crippen molar-refractivity contribution >= 4 is 12.1 Å². The summed E-state index contributed by atoms with van der Waals surface area (Å²) >= 11 is 0. The molecule has 0 radical (unpaired) electrons. The molecule has 98 valence electrons. The Kier molecular flexibility index (Phi) is 6.09. The maximum atomic E-state index is 11.2. The van der Waals surface area contributed by atoms with E-state index in [1.807, 2.05) is 0 Å². The average molecular weight is 244 g/mol. The zero-order valence-corrected chi connectivity index (χ0v) is 10.9. The maximum absolute atomic E-state index is 11.2. The van der Waals surface area contributed by atoms with Crippen LogP contribution in [0.25, 0.3) is 0 Å². The molecule has 0 saturated carbocycles. The van der Waals surface area contributed by atoms with E-state index in [0.717, 1.165) is 0 Å². The van der Waals surface area contributed by atoms with Gasteiger partial charge in [0.15, 0.2) is 0 Å². The standard InChI is InChI=1S/C11H20N2O4/c1-6-16-9(14)7-8(2)12-13-10(15)17-11(3,4)5/h7,12H,6H2,1-5H3,(H,13,15)/b8-7-. The summed E-state index contributed by atoms with van der Waals surface area (Å²) in [5, 5.41) is 0. The normalized spacial score (nSPS) is 11.7. The Bertz CT molecular complexity index is 305. The zero-order chi connectivity index (χ0) is 13.5. The van der Waals surface area contributed by atoms with Crippen LogP contribution in [0.2, 0.25) is 0 Å². The Balaban J connectivity index is 4.03. The highest BCUT2D eigenvalue weighted by atomic mass is 16.6. The van der Waals surface area contributed by atoms with Gasteiger partial charge in [0.05, 0.1) is 6.61 Å². The molecule has 0 unspecified atom stereocenters. The van der Waals surface area contributed by atoms with Crippen molar-refractivity contribution in [2.45, 2.75) is 40.2 Å². The molecule has 0 aromatic heterocycles. The Morgan fingerprint density at radius 3 is 2.29 bits per heavy atom. The van der Waals surface area contributed by atoms with Crippen LogP contribution in [-0.4, -0.2) is 24.3 Å². The number of nitrogens with one attached hydrogen (secondary N) is 2. The van der Waals surface area contributed by atoms with E-state index in [4.69, 9.17) is 9.47 Å². The highest BCUT2D eigenvalue weighted by molar-refractivity contribution is 5.82. The van der Waals surface area contributed by atoms with Crippen LogP contribution in [0.5, 0.6) is 0 Å². The van der Waals surface area contributed by atoms with Crippen molar-refractivity contribution < 1.29 is 19.1 Å². The van der Waals surface area contributed by atoms with Gasteiger partial charge in [0.2, 0.25) is 0 Å². The van der Waals surface area contributed by atoms with Gasteiger partial charge in [0.25, 0.3) is 0 Å². The second kappa shape index (κ2) is 6.78. The van der Waals surface area contributed by atoms with E-state index >= 15 is 0 Å². The number of hydrazine groups is 1. The van der Waals surface area contributed by atoms with Crippen molar-refractivity contribution in [3.63, 3.8) is 0 Å². The molecule has 0 atom stereocenters. The summed E-state index contributed by atoms with van der Waals surface area (Å²) in [4.78, 5) is 22.3. The van der Waals surface area contributed by atoms with Gasteiger partial charge in [-0.25, -0.2) is 15.0 Å². The topological polar surface area (TPSA) is 76.7 Å². The van der Waals surface area contributed by atoms with Gasteiger partial charge in [-0.15, -0.1) is 0 Å². The zero-order valence-electron chi connectivity index (χ0n) is 10.9. The van der Waals surface area contributed by atoms with Crippen LogP contribution < -0.4 is 10.9 Å². The van der Waals surface area contributed by atoms with Crippen LogP contribution in [0.15, 0.2) is 11.8 Å². The van der Waals surface area contributed by atoms with Crippen LogP contribution in [0, 0.1) is 0 Å². The number of hydrogen-bond donors (Lipinski definition) is 2. The van der Waals surface area contributed by atoms with Crippen molar-refractivity contribution in [3.05, 3.63) is 11.8 Å². The third kappa shape index (κ3) is 9.22. The van der Waals surface area contributed by atoms with E-state index in [1.54, 1.807) is 34.6 Å². The predicted octanol–water partition coefficient (Wildman–Crippen LogP) is 1.48. The highest BCUT2D eigenvalue weighted by Gasteiger charge is 2.15. The number of amides is 1. The lowest BCUT2D eigenvalue weighted by Crippen LogP contribution is -2.40. The molecule has 0 aromatic rings. The fourth-order valence-corrected chi connectivity index (χ4v) is 0.850. The second-order valence-corrected chi connectivity index (χ2v) is 4.33. The minimum atomic E-state index is -0.617. The molecule has 17 heavy (non-hydrogen) atoms. The molecule has 0 spiro atoms. The Hall–Kier alpha value is -1.72. The lowest BCUT2D eigenvalue weighted by molar-refractivity contribution is -0.137. The molecule has 0 saturated heterocycles. The molecule has 6 heteroatoms. The molecule has 0 aliphatic rings. The first kappa shape index (κ1) is 15.3. The molecule has 0 fully saturated rings. The summed E-state index contributed by atoms with van der Waals surface area (Å²) in [7, 11) is 0. The van der Waals surface area contributed by atoms with Gasteiger partial charge >= 0.3 is 12.1 Å². The number of carbonyl (C=O) groups excluding carboxylic acids is 2. The molecule has 0 heterocycles. The van der Waals surface area contributed by atoms with Crippen molar-refractivity contribution in [1.82, 2.24) is 10.9 Å². The average Bonchev–Trinajstić information content (AvgIpc) is 2.12. The summed E-state index contributed by atoms with van der Waals surface area (Å²) in [5.74, 6) is -0.469. The lowest BCUT2D eigenvalue weighted by Gasteiger charge is -2.20. The van der Waals surface area contributed by atoms with Crippen LogP contribution in [-0.2, 0) is 14.3 Å². The van der Waals surface area contributed by atoms with E-state index in [2.05, 4.69) is 10.9 Å². The van der Waals surface area contributed by atoms with Gasteiger partial charge in [-0.2, -0.15) is 0 Å². The molecule has 0 aromatic carbocycles. The summed E-state index contributed by atoms with van der Waals surface area (Å²) < 4.78 is 9.69. The minimum Gasteiger partial charge on any atom is -0.463 e. The van der Waals surface area contributed by atoms with Crippen LogP contribution >= 0.6 is 0 Å². The highest BCUT2D eigenvalue weighted by Crippen LogP contribution is 2.05. The summed E-state index contributed by atoms with van der Waals surface area (Å²) in [6.45, 7) is 8.92. The van der Waals surface area contributed by atoms with E-state index in [1.165, 1.54) is 6.08 Å².